The highest BCUT2D eigenvalue weighted by Gasteiger charge is 2.02. The Labute approximate surface area is 88.1 Å². The number of nitrogens with one attached hydrogen (secondary N) is 1. The van der Waals surface area contributed by atoms with Crippen LogP contribution in [-0.4, -0.2) is 34.9 Å². The van der Waals surface area contributed by atoms with Gasteiger partial charge in [-0.3, -0.25) is 4.98 Å². The lowest BCUT2D eigenvalue weighted by Crippen LogP contribution is -2.18. The van der Waals surface area contributed by atoms with Gasteiger partial charge in [-0.2, -0.15) is 5.10 Å². The Hall–Kier alpha value is -1.46. The molecule has 0 aliphatic carbocycles. The third-order valence-electron chi connectivity index (χ3n) is 2.20. The van der Waals surface area contributed by atoms with Crippen molar-refractivity contribution in [3.8, 4) is 0 Å². The lowest BCUT2D eigenvalue weighted by atomic mass is 10.3. The minimum absolute atomic E-state index is 0.720. The van der Waals surface area contributed by atoms with E-state index in [9.17, 15) is 0 Å². The Morgan fingerprint density at radius 2 is 2.40 bits per heavy atom. The minimum atomic E-state index is 0.720. The highest BCUT2D eigenvalue weighted by atomic mass is 16.5. The zero-order valence-electron chi connectivity index (χ0n) is 8.68. The molecule has 15 heavy (non-hydrogen) atoms. The number of hydrogen-bond acceptors (Lipinski definition) is 4. The Morgan fingerprint density at radius 3 is 3.27 bits per heavy atom. The van der Waals surface area contributed by atoms with Gasteiger partial charge in [0.2, 0.25) is 0 Å². The Kier molecular flexibility index (Phi) is 3.26. The number of rotatable bonds is 5. The first-order valence-corrected chi connectivity index (χ1v) is 4.87. The SMILES string of the molecule is COCCNCc1cnn2ccncc12. The number of methoxy groups -OCH3 is 1. The van der Waals surface area contributed by atoms with Crippen LogP contribution >= 0.6 is 0 Å². The number of aromatic nitrogens is 3. The first-order valence-electron chi connectivity index (χ1n) is 4.87. The fraction of sp³-hybridized carbons (Fsp3) is 0.400. The van der Waals surface area contributed by atoms with Crippen molar-refractivity contribution in [2.75, 3.05) is 20.3 Å². The predicted molar refractivity (Wildman–Crippen MR) is 56.6 cm³/mol. The summed E-state index contributed by atoms with van der Waals surface area (Å²) < 4.78 is 6.77. The first kappa shape index (κ1) is 10.1. The Balaban J connectivity index is 2.02. The summed E-state index contributed by atoms with van der Waals surface area (Å²) in [7, 11) is 1.70. The van der Waals surface area contributed by atoms with E-state index in [1.165, 1.54) is 0 Å². The maximum Gasteiger partial charge on any atom is 0.0889 e. The van der Waals surface area contributed by atoms with Gasteiger partial charge in [-0.15, -0.1) is 0 Å². The second kappa shape index (κ2) is 4.86. The van der Waals surface area contributed by atoms with E-state index in [0.717, 1.165) is 30.8 Å². The van der Waals surface area contributed by atoms with Gasteiger partial charge in [-0.05, 0) is 0 Å². The summed E-state index contributed by atoms with van der Waals surface area (Å²) in [5.74, 6) is 0. The molecule has 0 aliphatic rings. The van der Waals surface area contributed by atoms with Gasteiger partial charge in [0.05, 0.1) is 24.5 Å². The van der Waals surface area contributed by atoms with Gasteiger partial charge in [0, 0.05) is 38.2 Å². The van der Waals surface area contributed by atoms with Crippen molar-refractivity contribution in [1.29, 1.82) is 0 Å². The van der Waals surface area contributed by atoms with E-state index in [4.69, 9.17) is 4.74 Å². The largest absolute Gasteiger partial charge is 0.383 e. The van der Waals surface area contributed by atoms with E-state index < -0.39 is 0 Å². The Morgan fingerprint density at radius 1 is 1.47 bits per heavy atom. The maximum absolute atomic E-state index is 4.95. The monoisotopic (exact) mass is 206 g/mol. The van der Waals surface area contributed by atoms with Crippen molar-refractivity contribution in [3.63, 3.8) is 0 Å². The van der Waals surface area contributed by atoms with Gasteiger partial charge >= 0.3 is 0 Å². The number of nitrogens with zero attached hydrogens (tertiary/aromatic N) is 3. The molecule has 5 nitrogen and oxygen atoms in total. The molecule has 5 heteroatoms. The van der Waals surface area contributed by atoms with Crippen LogP contribution in [0.2, 0.25) is 0 Å². The molecule has 2 heterocycles. The summed E-state index contributed by atoms with van der Waals surface area (Å²) in [5, 5.41) is 7.50. The molecular weight excluding hydrogens is 192 g/mol. The third-order valence-corrected chi connectivity index (χ3v) is 2.20. The summed E-state index contributed by atoms with van der Waals surface area (Å²) in [6, 6.07) is 0. The molecule has 0 aliphatic heterocycles. The van der Waals surface area contributed by atoms with Crippen molar-refractivity contribution in [3.05, 3.63) is 30.4 Å². The molecule has 1 N–H and O–H groups in total. The van der Waals surface area contributed by atoms with Crippen LogP contribution in [0.1, 0.15) is 5.56 Å². The van der Waals surface area contributed by atoms with Crippen LogP contribution in [-0.2, 0) is 11.3 Å². The molecular formula is C10H14N4O. The summed E-state index contributed by atoms with van der Waals surface area (Å²) in [6.07, 6.45) is 7.24. The molecule has 80 valence electrons. The van der Waals surface area contributed by atoms with Crippen LogP contribution in [0.25, 0.3) is 5.52 Å². The molecule has 0 aromatic carbocycles. The van der Waals surface area contributed by atoms with Gasteiger partial charge in [-0.25, -0.2) is 4.52 Å². The fourth-order valence-corrected chi connectivity index (χ4v) is 1.42. The standard InChI is InChI=1S/C10H14N4O/c1-15-5-3-12-6-9-7-13-14-4-2-11-8-10(9)14/h2,4,7-8,12H,3,5-6H2,1H3. The molecule has 2 rings (SSSR count). The maximum atomic E-state index is 4.95. The smallest absolute Gasteiger partial charge is 0.0889 e. The van der Waals surface area contributed by atoms with Crippen molar-refractivity contribution < 1.29 is 4.74 Å². The molecule has 0 saturated heterocycles. The van der Waals surface area contributed by atoms with Crippen LogP contribution in [0.3, 0.4) is 0 Å². The van der Waals surface area contributed by atoms with Crippen LogP contribution in [0, 0.1) is 0 Å². The fourth-order valence-electron chi connectivity index (χ4n) is 1.42. The summed E-state index contributed by atoms with van der Waals surface area (Å²) >= 11 is 0. The highest BCUT2D eigenvalue weighted by Crippen LogP contribution is 2.07. The van der Waals surface area contributed by atoms with Crippen molar-refractivity contribution >= 4 is 5.52 Å². The lowest BCUT2D eigenvalue weighted by molar-refractivity contribution is 0.199. The molecule has 0 spiro atoms. The van der Waals surface area contributed by atoms with Crippen molar-refractivity contribution in [1.82, 2.24) is 19.9 Å². The normalized spacial score (nSPS) is 11.0. The van der Waals surface area contributed by atoms with Gasteiger partial charge in [0.25, 0.3) is 0 Å². The molecule has 0 radical (unpaired) electrons. The molecule has 0 amide bonds. The molecule has 0 atom stereocenters. The van der Waals surface area contributed by atoms with Gasteiger partial charge in [-0.1, -0.05) is 0 Å². The quantitative estimate of drug-likeness (QED) is 0.722. The molecule has 2 aromatic heterocycles. The van der Waals surface area contributed by atoms with Gasteiger partial charge in [0.1, 0.15) is 0 Å². The molecule has 0 saturated carbocycles. The van der Waals surface area contributed by atoms with Crippen LogP contribution < -0.4 is 5.32 Å². The van der Waals surface area contributed by atoms with E-state index in [2.05, 4.69) is 15.4 Å². The van der Waals surface area contributed by atoms with E-state index in [-0.39, 0.29) is 0 Å². The van der Waals surface area contributed by atoms with E-state index in [1.54, 1.807) is 13.3 Å². The molecule has 0 bridgehead atoms. The van der Waals surface area contributed by atoms with E-state index >= 15 is 0 Å². The summed E-state index contributed by atoms with van der Waals surface area (Å²) in [5.41, 5.74) is 2.20. The average Bonchev–Trinajstić information content (AvgIpc) is 2.68. The van der Waals surface area contributed by atoms with Gasteiger partial charge in [0.15, 0.2) is 0 Å². The highest BCUT2D eigenvalue weighted by molar-refractivity contribution is 5.51. The third kappa shape index (κ3) is 2.31. The summed E-state index contributed by atoms with van der Waals surface area (Å²) in [6.45, 7) is 2.35. The second-order valence-corrected chi connectivity index (χ2v) is 3.25. The second-order valence-electron chi connectivity index (χ2n) is 3.25. The molecule has 0 unspecified atom stereocenters. The number of ether oxygens (including phenoxy) is 1. The number of hydrogen-bond donors (Lipinski definition) is 1. The topological polar surface area (TPSA) is 51.5 Å². The average molecular weight is 206 g/mol. The molecule has 0 fully saturated rings. The van der Waals surface area contributed by atoms with Crippen LogP contribution in [0.4, 0.5) is 0 Å². The zero-order chi connectivity index (χ0) is 10.5. The molecule has 2 aromatic rings. The summed E-state index contributed by atoms with van der Waals surface area (Å²) in [4.78, 5) is 4.08. The van der Waals surface area contributed by atoms with Crippen LogP contribution in [0.5, 0.6) is 0 Å². The van der Waals surface area contributed by atoms with Crippen molar-refractivity contribution in [2.45, 2.75) is 6.54 Å². The lowest BCUT2D eigenvalue weighted by Gasteiger charge is -2.01. The van der Waals surface area contributed by atoms with Crippen LogP contribution in [0.15, 0.2) is 24.8 Å². The number of fused-ring (bicyclic) bond motifs is 1. The van der Waals surface area contributed by atoms with Gasteiger partial charge < -0.3 is 10.1 Å². The predicted octanol–water partition coefficient (Wildman–Crippen LogP) is 0.465. The van der Waals surface area contributed by atoms with E-state index in [1.807, 2.05) is 23.1 Å². The minimum Gasteiger partial charge on any atom is -0.383 e. The zero-order valence-corrected chi connectivity index (χ0v) is 8.68. The van der Waals surface area contributed by atoms with Crippen molar-refractivity contribution in [2.24, 2.45) is 0 Å². The first-order chi connectivity index (χ1) is 7.42. The Bertz CT molecular complexity index is 426. The van der Waals surface area contributed by atoms with E-state index in [0.29, 0.717) is 0 Å².